The predicted molar refractivity (Wildman–Crippen MR) is 104 cm³/mol. The van der Waals surface area contributed by atoms with Crippen LogP contribution in [0.1, 0.15) is 30.0 Å². The van der Waals surface area contributed by atoms with E-state index in [0.29, 0.717) is 5.92 Å². The Hall–Kier alpha value is -2.66. The van der Waals surface area contributed by atoms with Gasteiger partial charge in [-0.2, -0.15) is 5.10 Å². The van der Waals surface area contributed by atoms with Crippen LogP contribution in [0.15, 0.2) is 54.7 Å². The number of aromatic nitrogens is 2. The zero-order valence-electron chi connectivity index (χ0n) is 15.5. The Bertz CT molecular complexity index is 891. The maximum absolute atomic E-state index is 13.6. The topological polar surface area (TPSA) is 41.1 Å². The van der Waals surface area contributed by atoms with Crippen molar-refractivity contribution in [3.63, 3.8) is 0 Å². The minimum Gasteiger partial charge on any atom is -0.497 e. The molecule has 0 radical (unpaired) electrons. The van der Waals surface area contributed by atoms with Crippen molar-refractivity contribution in [1.29, 1.82) is 0 Å². The number of likely N-dealkylation sites (tertiary alicyclic amines) is 1. The van der Waals surface area contributed by atoms with Gasteiger partial charge in [0.25, 0.3) is 0 Å². The van der Waals surface area contributed by atoms with Crippen LogP contribution in [0, 0.1) is 5.82 Å². The molecule has 1 aliphatic rings. The van der Waals surface area contributed by atoms with Gasteiger partial charge in [0.2, 0.25) is 0 Å². The van der Waals surface area contributed by atoms with E-state index in [1.165, 1.54) is 11.6 Å². The Kier molecular flexibility index (Phi) is 5.21. The Labute approximate surface area is 159 Å². The van der Waals surface area contributed by atoms with Crippen LogP contribution < -0.4 is 4.74 Å². The van der Waals surface area contributed by atoms with E-state index in [1.807, 2.05) is 24.4 Å². The molecule has 1 fully saturated rings. The molecular formula is C22H24FN3O. The lowest BCUT2D eigenvalue weighted by Gasteiger charge is -2.32. The Morgan fingerprint density at radius 1 is 1.22 bits per heavy atom. The van der Waals surface area contributed by atoms with Crippen molar-refractivity contribution in [2.75, 3.05) is 20.2 Å². The second-order valence-electron chi connectivity index (χ2n) is 7.13. The Morgan fingerprint density at radius 2 is 2.07 bits per heavy atom. The summed E-state index contributed by atoms with van der Waals surface area (Å²) < 4.78 is 18.9. The van der Waals surface area contributed by atoms with Gasteiger partial charge in [-0.15, -0.1) is 0 Å². The summed E-state index contributed by atoms with van der Waals surface area (Å²) in [6, 6.07) is 15.0. The fourth-order valence-corrected chi connectivity index (χ4v) is 3.92. The molecule has 0 spiro atoms. The van der Waals surface area contributed by atoms with Gasteiger partial charge in [0.15, 0.2) is 0 Å². The summed E-state index contributed by atoms with van der Waals surface area (Å²) in [6.45, 7) is 2.98. The zero-order chi connectivity index (χ0) is 18.6. The number of benzene rings is 2. The maximum atomic E-state index is 13.6. The van der Waals surface area contributed by atoms with E-state index in [1.54, 1.807) is 19.2 Å². The van der Waals surface area contributed by atoms with Crippen molar-refractivity contribution < 1.29 is 9.13 Å². The molecule has 5 heteroatoms. The van der Waals surface area contributed by atoms with E-state index in [0.717, 1.165) is 55.0 Å². The van der Waals surface area contributed by atoms with Crippen LogP contribution in [0.3, 0.4) is 0 Å². The number of H-pyrrole nitrogens is 1. The number of rotatable bonds is 5. The van der Waals surface area contributed by atoms with Gasteiger partial charge in [0, 0.05) is 30.3 Å². The van der Waals surface area contributed by atoms with Crippen LogP contribution >= 0.6 is 0 Å². The Morgan fingerprint density at radius 3 is 2.85 bits per heavy atom. The molecule has 27 heavy (non-hydrogen) atoms. The standard InChI is InChI=1S/C22H24FN3O/c1-27-20-9-7-16(8-10-20)14-26-11-3-5-18(15-26)22-21(13-24-25-22)17-4-2-6-19(23)12-17/h2,4,6-10,12-13,18H,3,5,11,14-15H2,1H3,(H,24,25). The molecule has 2 heterocycles. The second-order valence-corrected chi connectivity index (χ2v) is 7.13. The van der Waals surface area contributed by atoms with E-state index in [2.05, 4.69) is 27.2 Å². The average molecular weight is 365 g/mol. The zero-order valence-corrected chi connectivity index (χ0v) is 15.5. The van der Waals surface area contributed by atoms with E-state index in [-0.39, 0.29) is 5.82 Å². The van der Waals surface area contributed by atoms with Gasteiger partial charge in [-0.3, -0.25) is 10.00 Å². The SMILES string of the molecule is COc1ccc(CN2CCCC(c3[nH]ncc3-c3cccc(F)c3)C2)cc1. The summed E-state index contributed by atoms with van der Waals surface area (Å²) in [4.78, 5) is 2.48. The highest BCUT2D eigenvalue weighted by molar-refractivity contribution is 5.65. The van der Waals surface area contributed by atoms with Gasteiger partial charge in [0.1, 0.15) is 11.6 Å². The van der Waals surface area contributed by atoms with Gasteiger partial charge in [0.05, 0.1) is 13.3 Å². The van der Waals surface area contributed by atoms with Crippen molar-refractivity contribution in [3.05, 3.63) is 71.8 Å². The number of hydrogen-bond donors (Lipinski definition) is 1. The van der Waals surface area contributed by atoms with Crippen LogP contribution in [0.25, 0.3) is 11.1 Å². The predicted octanol–water partition coefficient (Wildman–Crippen LogP) is 4.60. The lowest BCUT2D eigenvalue weighted by molar-refractivity contribution is 0.198. The molecule has 2 aromatic carbocycles. The molecule has 1 atom stereocenters. The number of piperidine rings is 1. The van der Waals surface area contributed by atoms with E-state index in [4.69, 9.17) is 4.74 Å². The highest BCUT2D eigenvalue weighted by Gasteiger charge is 2.25. The third kappa shape index (κ3) is 4.03. The number of hydrogen-bond acceptors (Lipinski definition) is 3. The second kappa shape index (κ2) is 7.92. The Balaban J connectivity index is 1.49. The summed E-state index contributed by atoms with van der Waals surface area (Å²) >= 11 is 0. The quantitative estimate of drug-likeness (QED) is 0.718. The third-order valence-electron chi connectivity index (χ3n) is 5.28. The normalized spacial score (nSPS) is 17.8. The highest BCUT2D eigenvalue weighted by atomic mass is 19.1. The van der Waals surface area contributed by atoms with Crippen molar-refractivity contribution in [1.82, 2.24) is 15.1 Å². The lowest BCUT2D eigenvalue weighted by atomic mass is 9.90. The smallest absolute Gasteiger partial charge is 0.123 e. The molecule has 0 bridgehead atoms. The molecular weight excluding hydrogens is 341 g/mol. The van der Waals surface area contributed by atoms with E-state index < -0.39 is 0 Å². The fraction of sp³-hybridized carbons (Fsp3) is 0.318. The van der Waals surface area contributed by atoms with Crippen molar-refractivity contribution >= 4 is 0 Å². The molecule has 3 aromatic rings. The summed E-state index contributed by atoms with van der Waals surface area (Å²) in [5, 5.41) is 7.43. The number of methoxy groups -OCH3 is 1. The fourth-order valence-electron chi connectivity index (χ4n) is 3.92. The monoisotopic (exact) mass is 365 g/mol. The molecule has 4 rings (SSSR count). The van der Waals surface area contributed by atoms with Crippen molar-refractivity contribution in [2.24, 2.45) is 0 Å². The first kappa shape index (κ1) is 17.7. The molecule has 1 saturated heterocycles. The molecule has 0 aliphatic carbocycles. The average Bonchev–Trinajstić information content (AvgIpc) is 3.19. The summed E-state index contributed by atoms with van der Waals surface area (Å²) in [5.41, 5.74) is 4.28. The van der Waals surface area contributed by atoms with Crippen LogP contribution in [0.2, 0.25) is 0 Å². The third-order valence-corrected chi connectivity index (χ3v) is 5.28. The number of aromatic amines is 1. The van der Waals surface area contributed by atoms with Crippen molar-refractivity contribution in [3.8, 4) is 16.9 Å². The van der Waals surface area contributed by atoms with E-state index in [9.17, 15) is 4.39 Å². The summed E-state index contributed by atoms with van der Waals surface area (Å²) in [5.74, 6) is 1.04. The van der Waals surface area contributed by atoms with E-state index >= 15 is 0 Å². The number of halogens is 1. The first-order chi connectivity index (χ1) is 13.2. The molecule has 0 amide bonds. The van der Waals surface area contributed by atoms with Crippen LogP contribution in [0.5, 0.6) is 5.75 Å². The summed E-state index contributed by atoms with van der Waals surface area (Å²) in [6.07, 6.45) is 4.07. The van der Waals surface area contributed by atoms with Gasteiger partial charge in [-0.1, -0.05) is 24.3 Å². The number of ether oxygens (including phenoxy) is 1. The minimum absolute atomic E-state index is 0.218. The van der Waals surface area contributed by atoms with Gasteiger partial charge >= 0.3 is 0 Å². The highest BCUT2D eigenvalue weighted by Crippen LogP contribution is 2.33. The molecule has 140 valence electrons. The van der Waals surface area contributed by atoms with Gasteiger partial charge in [-0.05, 0) is 54.8 Å². The van der Waals surface area contributed by atoms with Crippen molar-refractivity contribution in [2.45, 2.75) is 25.3 Å². The number of nitrogens with zero attached hydrogens (tertiary/aromatic N) is 2. The van der Waals surface area contributed by atoms with Crippen LogP contribution in [0.4, 0.5) is 4.39 Å². The minimum atomic E-state index is -0.218. The van der Waals surface area contributed by atoms with Gasteiger partial charge < -0.3 is 4.74 Å². The maximum Gasteiger partial charge on any atom is 0.123 e. The largest absolute Gasteiger partial charge is 0.497 e. The molecule has 0 saturated carbocycles. The molecule has 1 aromatic heterocycles. The molecule has 1 unspecified atom stereocenters. The first-order valence-electron chi connectivity index (χ1n) is 9.37. The molecule has 1 aliphatic heterocycles. The first-order valence-corrected chi connectivity index (χ1v) is 9.37. The van der Waals surface area contributed by atoms with Crippen LogP contribution in [-0.4, -0.2) is 35.3 Å². The number of nitrogens with one attached hydrogen (secondary N) is 1. The molecule has 4 nitrogen and oxygen atoms in total. The molecule has 1 N–H and O–H groups in total. The van der Waals surface area contributed by atoms with Gasteiger partial charge in [-0.25, -0.2) is 4.39 Å². The summed E-state index contributed by atoms with van der Waals surface area (Å²) in [7, 11) is 1.69. The van der Waals surface area contributed by atoms with Crippen LogP contribution in [-0.2, 0) is 6.54 Å². The lowest BCUT2D eigenvalue weighted by Crippen LogP contribution is -2.34.